The molecule has 0 fully saturated rings. The monoisotopic (exact) mass is 264 g/mol. The number of hydrogen-bond donors (Lipinski definition) is 1. The molecule has 0 heterocycles. The molecule has 1 nitrogen and oxygen atoms in total. The Bertz CT molecular complexity index is 241. The van der Waals surface area contributed by atoms with Crippen LogP contribution in [0.25, 0.3) is 0 Å². The summed E-state index contributed by atoms with van der Waals surface area (Å²) in [4.78, 5) is 1.39. The van der Waals surface area contributed by atoms with Crippen molar-refractivity contribution in [2.45, 2.75) is 0 Å². The molecule has 0 aliphatic heterocycles. The number of benzene rings is 1. The molecule has 0 aliphatic carbocycles. The number of nitrogens with one attached hydrogen (secondary N) is 1. The average Bonchev–Trinajstić information content (AvgIpc) is 2.05. The molecular weight excluding hydrogens is 250 g/mol. The summed E-state index contributed by atoms with van der Waals surface area (Å²) in [7, 11) is 4.29. The van der Waals surface area contributed by atoms with Crippen molar-refractivity contribution in [1.29, 1.82) is 0 Å². The van der Waals surface area contributed by atoms with E-state index >= 15 is 0 Å². The van der Waals surface area contributed by atoms with Gasteiger partial charge in [0, 0.05) is 0 Å². The molecule has 1 rings (SSSR count). The molecule has 1 N–H and O–H groups in total. The van der Waals surface area contributed by atoms with Gasteiger partial charge < -0.3 is 0 Å². The summed E-state index contributed by atoms with van der Waals surface area (Å²) < 4.78 is 1.39. The van der Waals surface area contributed by atoms with Crippen LogP contribution in [0.5, 0.6) is 0 Å². The molecule has 0 radical (unpaired) electrons. The summed E-state index contributed by atoms with van der Waals surface area (Å²) in [5.74, 6) is 0. The van der Waals surface area contributed by atoms with Gasteiger partial charge in [-0.15, -0.1) is 0 Å². The van der Waals surface area contributed by atoms with E-state index in [-0.39, 0.29) is 0 Å². The number of quaternary nitrogens is 1. The van der Waals surface area contributed by atoms with Gasteiger partial charge in [-0.1, -0.05) is 0 Å². The van der Waals surface area contributed by atoms with E-state index in [2.05, 4.69) is 60.2 Å². The maximum absolute atomic E-state index is 2.14. The van der Waals surface area contributed by atoms with Gasteiger partial charge in [-0.25, -0.2) is 0 Å². The van der Waals surface area contributed by atoms with Crippen LogP contribution in [0.15, 0.2) is 30.3 Å². The van der Waals surface area contributed by atoms with E-state index in [9.17, 15) is 0 Å². The SMILES string of the molecule is C[NH+](C)C(=[Te])c1ccccc1. The maximum atomic E-state index is 2.14. The Labute approximate surface area is 80.4 Å². The molecular formula is C9H12NTe+. The molecule has 58 valence electrons. The van der Waals surface area contributed by atoms with Gasteiger partial charge in [0.25, 0.3) is 0 Å². The predicted octanol–water partition coefficient (Wildman–Crippen LogP) is -0.522. The normalized spacial score (nSPS) is 10.1. The molecule has 11 heavy (non-hydrogen) atoms. The Morgan fingerprint density at radius 3 is 2.18 bits per heavy atom. The molecule has 0 saturated carbocycles. The molecule has 1 aromatic rings. The van der Waals surface area contributed by atoms with E-state index in [1.165, 1.54) is 14.1 Å². The fourth-order valence-corrected chi connectivity index (χ4v) is 1.27. The predicted molar refractivity (Wildman–Crippen MR) is 49.1 cm³/mol. The summed E-state index contributed by atoms with van der Waals surface area (Å²) in [5, 5.41) is 0. The summed E-state index contributed by atoms with van der Waals surface area (Å²) in [5.41, 5.74) is 1.33. The Hall–Kier alpha value is -0.160. The third kappa shape index (κ3) is 2.41. The van der Waals surface area contributed by atoms with E-state index in [1.807, 2.05) is 6.07 Å². The molecule has 0 bridgehead atoms. The topological polar surface area (TPSA) is 4.44 Å². The van der Waals surface area contributed by atoms with Crippen molar-refractivity contribution in [3.05, 3.63) is 35.9 Å². The standard InChI is InChI=1S/C9H11NTe/c1-10(2)9(11)8-6-4-3-5-7-8/h3-7H,1-2H3/p+1. The van der Waals surface area contributed by atoms with E-state index < -0.39 is 0 Å². The second-order valence-corrected chi connectivity index (χ2v) is 3.86. The van der Waals surface area contributed by atoms with Crippen LogP contribution in [0.1, 0.15) is 5.56 Å². The molecule has 0 aromatic heterocycles. The van der Waals surface area contributed by atoms with Gasteiger partial charge >= 0.3 is 80.4 Å². The first-order valence-electron chi connectivity index (χ1n) is 3.61. The number of hydrogen-bond acceptors (Lipinski definition) is 0. The molecule has 0 saturated heterocycles. The van der Waals surface area contributed by atoms with Gasteiger partial charge in [0.05, 0.1) is 0 Å². The van der Waals surface area contributed by atoms with Crippen molar-refractivity contribution in [3.8, 4) is 0 Å². The molecule has 0 atom stereocenters. The first-order chi connectivity index (χ1) is 5.22. The van der Waals surface area contributed by atoms with Gasteiger partial charge in [-0.05, 0) is 0 Å². The van der Waals surface area contributed by atoms with Crippen molar-refractivity contribution >= 4 is 25.5 Å². The van der Waals surface area contributed by atoms with Crippen LogP contribution in [0, 0.1) is 0 Å². The summed E-state index contributed by atoms with van der Waals surface area (Å²) >= 11 is 2.08. The Kier molecular flexibility index (Phi) is 3.26. The van der Waals surface area contributed by atoms with Crippen molar-refractivity contribution in [1.82, 2.24) is 0 Å². The van der Waals surface area contributed by atoms with Crippen LogP contribution < -0.4 is 4.90 Å². The van der Waals surface area contributed by atoms with E-state index in [0.717, 1.165) is 0 Å². The minimum atomic E-state index is 1.33. The van der Waals surface area contributed by atoms with Crippen LogP contribution in [-0.4, -0.2) is 39.6 Å². The minimum absolute atomic E-state index is 1.33. The Morgan fingerprint density at radius 2 is 1.73 bits per heavy atom. The third-order valence-corrected chi connectivity index (χ3v) is 3.33. The van der Waals surface area contributed by atoms with Crippen LogP contribution >= 0.6 is 0 Å². The summed E-state index contributed by atoms with van der Waals surface area (Å²) in [6.07, 6.45) is 0. The molecule has 0 unspecified atom stereocenters. The van der Waals surface area contributed by atoms with Crippen LogP contribution in [0.2, 0.25) is 0 Å². The van der Waals surface area contributed by atoms with E-state index in [0.29, 0.717) is 0 Å². The zero-order valence-electron chi connectivity index (χ0n) is 6.79. The van der Waals surface area contributed by atoms with E-state index in [4.69, 9.17) is 0 Å². The van der Waals surface area contributed by atoms with E-state index in [1.54, 1.807) is 0 Å². The van der Waals surface area contributed by atoms with Crippen molar-refractivity contribution in [2.75, 3.05) is 14.1 Å². The molecule has 0 aliphatic rings. The zero-order chi connectivity index (χ0) is 8.27. The molecule has 2 heteroatoms. The Morgan fingerprint density at radius 1 is 1.18 bits per heavy atom. The molecule has 1 aromatic carbocycles. The number of rotatable bonds is 2. The fourth-order valence-electron chi connectivity index (χ4n) is 0.878. The zero-order valence-corrected chi connectivity index (χ0v) is 9.13. The quantitative estimate of drug-likeness (QED) is 0.684. The molecule has 0 amide bonds. The first kappa shape index (κ1) is 8.93. The first-order valence-corrected chi connectivity index (χ1v) is 4.78. The van der Waals surface area contributed by atoms with Crippen LogP contribution in [0.3, 0.4) is 0 Å². The van der Waals surface area contributed by atoms with Crippen molar-refractivity contribution in [2.24, 2.45) is 0 Å². The van der Waals surface area contributed by atoms with Gasteiger partial charge in [0.15, 0.2) is 0 Å². The van der Waals surface area contributed by atoms with Crippen LogP contribution in [0.4, 0.5) is 0 Å². The van der Waals surface area contributed by atoms with Gasteiger partial charge in [-0.3, -0.25) is 0 Å². The fraction of sp³-hybridized carbons (Fsp3) is 0.222. The van der Waals surface area contributed by atoms with Crippen molar-refractivity contribution in [3.63, 3.8) is 0 Å². The summed E-state index contributed by atoms with van der Waals surface area (Å²) in [6.45, 7) is 0. The van der Waals surface area contributed by atoms with Crippen LogP contribution in [-0.2, 0) is 0 Å². The summed E-state index contributed by atoms with van der Waals surface area (Å²) in [6, 6.07) is 10.5. The second kappa shape index (κ2) is 4.01. The van der Waals surface area contributed by atoms with Crippen molar-refractivity contribution < 1.29 is 4.90 Å². The van der Waals surface area contributed by atoms with Gasteiger partial charge in [0.2, 0.25) is 0 Å². The second-order valence-electron chi connectivity index (χ2n) is 2.70. The average molecular weight is 262 g/mol. The van der Waals surface area contributed by atoms with Gasteiger partial charge in [0.1, 0.15) is 0 Å². The Balaban J connectivity index is 2.86. The third-order valence-electron chi connectivity index (χ3n) is 1.49. The van der Waals surface area contributed by atoms with Gasteiger partial charge in [-0.2, -0.15) is 0 Å². The molecule has 0 spiro atoms.